The third-order valence-corrected chi connectivity index (χ3v) is 7.83. The standard InChI is InChI=1S/C25H23FN2O4S/c26-19-6-9-22(25(29)28-33(30,31)21-7-8-21)23(14-19)17-4-5-18-11-16(15-32-24(18)13-17)12-20-3-1-2-10-27-20/h1-6,9-10,13-14,16,21H,7-8,11-12,15H2,(H,28,29)/t16-/m0/s1. The van der Waals surface area contributed by atoms with Gasteiger partial charge in [-0.25, -0.2) is 17.5 Å². The molecule has 1 amide bonds. The molecule has 170 valence electrons. The second-order valence-corrected chi connectivity index (χ2v) is 10.6. The minimum atomic E-state index is -3.71. The quantitative estimate of drug-likeness (QED) is 0.596. The summed E-state index contributed by atoms with van der Waals surface area (Å²) in [7, 11) is -3.71. The first-order chi connectivity index (χ1) is 15.9. The molecule has 6 nitrogen and oxygen atoms in total. The van der Waals surface area contributed by atoms with Crippen LogP contribution in [0.4, 0.5) is 4.39 Å². The highest BCUT2D eigenvalue weighted by atomic mass is 32.2. The van der Waals surface area contributed by atoms with Gasteiger partial charge in [0.25, 0.3) is 5.91 Å². The van der Waals surface area contributed by atoms with E-state index in [1.807, 2.05) is 30.3 Å². The van der Waals surface area contributed by atoms with Crippen molar-refractivity contribution in [1.29, 1.82) is 0 Å². The van der Waals surface area contributed by atoms with Gasteiger partial charge < -0.3 is 4.74 Å². The molecule has 1 N–H and O–H groups in total. The zero-order valence-electron chi connectivity index (χ0n) is 17.8. The molecule has 2 heterocycles. The highest BCUT2D eigenvalue weighted by Gasteiger charge is 2.37. The molecule has 1 atom stereocenters. The third kappa shape index (κ3) is 4.75. The number of amides is 1. The lowest BCUT2D eigenvalue weighted by Crippen LogP contribution is -2.33. The summed E-state index contributed by atoms with van der Waals surface area (Å²) < 4.78 is 46.6. The minimum Gasteiger partial charge on any atom is -0.493 e. The number of nitrogens with zero attached hydrogens (tertiary/aromatic N) is 1. The molecule has 5 rings (SSSR count). The van der Waals surface area contributed by atoms with Gasteiger partial charge in [0, 0.05) is 23.4 Å². The number of nitrogens with one attached hydrogen (secondary N) is 1. The number of carbonyl (C=O) groups excluding carboxylic acids is 1. The molecule has 1 saturated carbocycles. The van der Waals surface area contributed by atoms with Gasteiger partial charge in [0.1, 0.15) is 11.6 Å². The van der Waals surface area contributed by atoms with Crippen LogP contribution in [-0.2, 0) is 22.9 Å². The fourth-order valence-electron chi connectivity index (χ4n) is 4.15. The number of hydrogen-bond donors (Lipinski definition) is 1. The lowest BCUT2D eigenvalue weighted by molar-refractivity contribution is 0.0982. The summed E-state index contributed by atoms with van der Waals surface area (Å²) in [6.07, 6.45) is 4.50. The smallest absolute Gasteiger partial charge is 0.265 e. The number of benzene rings is 2. The molecule has 33 heavy (non-hydrogen) atoms. The van der Waals surface area contributed by atoms with E-state index in [2.05, 4.69) is 9.71 Å². The second-order valence-electron chi connectivity index (χ2n) is 8.59. The van der Waals surface area contributed by atoms with Crippen molar-refractivity contribution in [3.05, 3.63) is 83.4 Å². The molecule has 1 aliphatic carbocycles. The maximum atomic E-state index is 14.1. The van der Waals surface area contributed by atoms with Crippen LogP contribution < -0.4 is 9.46 Å². The molecule has 1 aromatic heterocycles. The van der Waals surface area contributed by atoms with Gasteiger partial charge in [-0.2, -0.15) is 0 Å². The first-order valence-corrected chi connectivity index (χ1v) is 12.5. The number of halogens is 1. The molecule has 2 aromatic carbocycles. The van der Waals surface area contributed by atoms with Crippen molar-refractivity contribution in [3.8, 4) is 16.9 Å². The Hall–Kier alpha value is -3.26. The van der Waals surface area contributed by atoms with E-state index in [4.69, 9.17) is 4.74 Å². The van der Waals surface area contributed by atoms with E-state index in [1.165, 1.54) is 12.1 Å². The van der Waals surface area contributed by atoms with E-state index in [-0.39, 0.29) is 5.56 Å². The Morgan fingerprint density at radius 2 is 1.97 bits per heavy atom. The van der Waals surface area contributed by atoms with Crippen molar-refractivity contribution < 1.29 is 22.3 Å². The van der Waals surface area contributed by atoms with Crippen molar-refractivity contribution in [2.45, 2.75) is 30.9 Å². The number of hydrogen-bond acceptors (Lipinski definition) is 5. The van der Waals surface area contributed by atoms with E-state index < -0.39 is 27.0 Å². The summed E-state index contributed by atoms with van der Waals surface area (Å²) in [6.45, 7) is 0.531. The van der Waals surface area contributed by atoms with Crippen LogP contribution in [0.15, 0.2) is 60.8 Å². The molecule has 0 radical (unpaired) electrons. The second kappa shape index (κ2) is 8.59. The van der Waals surface area contributed by atoms with Gasteiger partial charge in [0.2, 0.25) is 10.0 Å². The summed E-state index contributed by atoms with van der Waals surface area (Å²) in [5.74, 6) is -0.293. The predicted molar refractivity (Wildman–Crippen MR) is 122 cm³/mol. The highest BCUT2D eigenvalue weighted by molar-refractivity contribution is 7.91. The van der Waals surface area contributed by atoms with Gasteiger partial charge in [-0.15, -0.1) is 0 Å². The fraction of sp³-hybridized carbons (Fsp3) is 0.280. The van der Waals surface area contributed by atoms with Crippen LogP contribution in [0.2, 0.25) is 0 Å². The maximum Gasteiger partial charge on any atom is 0.265 e. The van der Waals surface area contributed by atoms with E-state index >= 15 is 0 Å². The number of rotatable bonds is 6. The maximum absolute atomic E-state index is 14.1. The van der Waals surface area contributed by atoms with Crippen LogP contribution in [0.5, 0.6) is 5.75 Å². The lowest BCUT2D eigenvalue weighted by atomic mass is 9.90. The first-order valence-electron chi connectivity index (χ1n) is 10.9. The van der Waals surface area contributed by atoms with E-state index in [1.54, 1.807) is 12.3 Å². The van der Waals surface area contributed by atoms with E-state index in [0.717, 1.165) is 30.2 Å². The minimum absolute atomic E-state index is 0.101. The number of sulfonamides is 1. The Balaban J connectivity index is 1.39. The van der Waals surface area contributed by atoms with Gasteiger partial charge in [-0.1, -0.05) is 18.2 Å². The molecule has 0 spiro atoms. The Labute approximate surface area is 191 Å². The average Bonchev–Trinajstić information content (AvgIpc) is 3.65. The van der Waals surface area contributed by atoms with Crippen LogP contribution in [0, 0.1) is 11.7 Å². The zero-order valence-corrected chi connectivity index (χ0v) is 18.6. The van der Waals surface area contributed by atoms with E-state index in [0.29, 0.717) is 42.2 Å². The van der Waals surface area contributed by atoms with Gasteiger partial charge >= 0.3 is 0 Å². The summed E-state index contributed by atoms with van der Waals surface area (Å²) in [6, 6.07) is 15.1. The van der Waals surface area contributed by atoms with Crippen LogP contribution in [-0.4, -0.2) is 31.2 Å². The van der Waals surface area contributed by atoms with Crippen molar-refractivity contribution in [2.75, 3.05) is 6.61 Å². The average molecular weight is 467 g/mol. The molecule has 1 aliphatic heterocycles. The number of fused-ring (bicyclic) bond motifs is 1. The van der Waals surface area contributed by atoms with Crippen LogP contribution in [0.1, 0.15) is 34.5 Å². The van der Waals surface area contributed by atoms with Crippen molar-refractivity contribution in [2.24, 2.45) is 5.92 Å². The third-order valence-electron chi connectivity index (χ3n) is 6.01. The van der Waals surface area contributed by atoms with Crippen LogP contribution in [0.25, 0.3) is 11.1 Å². The summed E-state index contributed by atoms with van der Waals surface area (Å²) in [5, 5.41) is -0.526. The monoisotopic (exact) mass is 466 g/mol. The number of carbonyl (C=O) groups is 1. The molecule has 0 saturated heterocycles. The highest BCUT2D eigenvalue weighted by Crippen LogP contribution is 2.35. The first kappa shape index (κ1) is 21.6. The van der Waals surface area contributed by atoms with Gasteiger partial charge in [-0.05, 0) is 78.8 Å². The van der Waals surface area contributed by atoms with E-state index in [9.17, 15) is 17.6 Å². The van der Waals surface area contributed by atoms with Gasteiger partial charge in [0.15, 0.2) is 0 Å². The molecule has 3 aromatic rings. The van der Waals surface area contributed by atoms with Crippen LogP contribution >= 0.6 is 0 Å². The van der Waals surface area contributed by atoms with Crippen LogP contribution in [0.3, 0.4) is 0 Å². The van der Waals surface area contributed by atoms with Gasteiger partial charge in [-0.3, -0.25) is 9.78 Å². The number of pyridine rings is 1. The summed E-state index contributed by atoms with van der Waals surface area (Å²) in [4.78, 5) is 17.1. The Kier molecular flexibility index (Phi) is 5.62. The SMILES string of the molecule is O=C(NS(=O)(=O)C1CC1)c1ccc(F)cc1-c1ccc2c(c1)OC[C@H](Cc1ccccn1)C2. The zero-order chi connectivity index (χ0) is 23.0. The largest absolute Gasteiger partial charge is 0.493 e. The predicted octanol–water partition coefficient (Wildman–Crippen LogP) is 3.90. The van der Waals surface area contributed by atoms with Crippen molar-refractivity contribution in [1.82, 2.24) is 9.71 Å². The molecular weight excluding hydrogens is 443 g/mol. The molecular formula is C25H23FN2O4S. The van der Waals surface area contributed by atoms with Crippen molar-refractivity contribution in [3.63, 3.8) is 0 Å². The van der Waals surface area contributed by atoms with Gasteiger partial charge in [0.05, 0.1) is 11.9 Å². The number of ether oxygens (including phenoxy) is 1. The molecule has 1 fully saturated rings. The molecule has 0 bridgehead atoms. The van der Waals surface area contributed by atoms with Crippen molar-refractivity contribution >= 4 is 15.9 Å². The number of aromatic nitrogens is 1. The normalized spacial score (nSPS) is 17.7. The Morgan fingerprint density at radius 3 is 2.73 bits per heavy atom. The summed E-state index contributed by atoms with van der Waals surface area (Å²) in [5.41, 5.74) is 3.06. The molecule has 8 heteroatoms. The Bertz CT molecular complexity index is 1310. The Morgan fingerprint density at radius 1 is 1.12 bits per heavy atom. The topological polar surface area (TPSA) is 85.4 Å². The molecule has 2 aliphatic rings. The fourth-order valence-corrected chi connectivity index (χ4v) is 5.44. The summed E-state index contributed by atoms with van der Waals surface area (Å²) >= 11 is 0. The molecule has 0 unspecified atom stereocenters. The lowest BCUT2D eigenvalue weighted by Gasteiger charge is -2.26.